The van der Waals surface area contributed by atoms with Crippen LogP contribution in [0.3, 0.4) is 0 Å². The van der Waals surface area contributed by atoms with Gasteiger partial charge in [-0.25, -0.2) is 4.79 Å². The molecule has 2 saturated heterocycles. The third-order valence-corrected chi connectivity index (χ3v) is 3.60. The van der Waals surface area contributed by atoms with Crippen molar-refractivity contribution in [3.05, 3.63) is 0 Å². The number of carbonyl (C=O) groups is 1. The van der Waals surface area contributed by atoms with Crippen molar-refractivity contribution in [2.75, 3.05) is 32.8 Å². The van der Waals surface area contributed by atoms with Crippen molar-refractivity contribution in [2.24, 2.45) is 5.92 Å². The molecule has 19 heavy (non-hydrogen) atoms. The minimum absolute atomic E-state index is 0.195. The van der Waals surface area contributed by atoms with E-state index in [0.29, 0.717) is 19.1 Å². The molecule has 5 heteroatoms. The predicted octanol–water partition coefficient (Wildman–Crippen LogP) is 1.62. The molecule has 2 aliphatic rings. The molecule has 0 aromatic carbocycles. The first kappa shape index (κ1) is 14.6. The molecule has 0 spiro atoms. The monoisotopic (exact) mass is 270 g/mol. The van der Waals surface area contributed by atoms with Crippen molar-refractivity contribution in [3.63, 3.8) is 0 Å². The van der Waals surface area contributed by atoms with Gasteiger partial charge in [0.2, 0.25) is 0 Å². The molecule has 0 unspecified atom stereocenters. The zero-order valence-electron chi connectivity index (χ0n) is 12.3. The molecule has 2 aliphatic heterocycles. The largest absolute Gasteiger partial charge is 0.444 e. The molecule has 2 rings (SSSR count). The first-order valence-corrected chi connectivity index (χ1v) is 7.24. The van der Waals surface area contributed by atoms with Gasteiger partial charge >= 0.3 is 6.09 Å². The SMILES string of the molecule is CC(C)(C)OC(=O)N(CC1CCNCC1)C1COC1. The average Bonchev–Trinajstić information content (AvgIpc) is 2.25. The van der Waals surface area contributed by atoms with Gasteiger partial charge in [-0.05, 0) is 52.6 Å². The molecule has 0 bridgehead atoms. The molecular weight excluding hydrogens is 244 g/mol. The zero-order chi connectivity index (χ0) is 13.9. The smallest absolute Gasteiger partial charge is 0.410 e. The van der Waals surface area contributed by atoms with Crippen molar-refractivity contribution in [2.45, 2.75) is 45.3 Å². The maximum absolute atomic E-state index is 12.3. The fraction of sp³-hybridized carbons (Fsp3) is 0.929. The Hall–Kier alpha value is -0.810. The lowest BCUT2D eigenvalue weighted by Gasteiger charge is -2.40. The summed E-state index contributed by atoms with van der Waals surface area (Å²) in [7, 11) is 0. The second-order valence-electron chi connectivity index (χ2n) is 6.52. The van der Waals surface area contributed by atoms with Gasteiger partial charge in [0, 0.05) is 6.54 Å². The van der Waals surface area contributed by atoms with Crippen LogP contribution >= 0.6 is 0 Å². The number of nitrogens with zero attached hydrogens (tertiary/aromatic N) is 1. The van der Waals surface area contributed by atoms with E-state index < -0.39 is 5.60 Å². The Bertz CT molecular complexity index is 304. The van der Waals surface area contributed by atoms with Crippen LogP contribution in [-0.2, 0) is 9.47 Å². The second kappa shape index (κ2) is 6.09. The molecule has 0 aromatic heterocycles. The van der Waals surface area contributed by atoms with E-state index in [0.717, 1.165) is 32.5 Å². The molecular formula is C14H26N2O3. The van der Waals surface area contributed by atoms with Crippen LogP contribution in [0.1, 0.15) is 33.6 Å². The Balaban J connectivity index is 1.92. The molecule has 1 N–H and O–H groups in total. The third kappa shape index (κ3) is 4.35. The van der Waals surface area contributed by atoms with Crippen LogP contribution in [0.5, 0.6) is 0 Å². The highest BCUT2D eigenvalue weighted by atomic mass is 16.6. The standard InChI is InChI=1S/C14H26N2O3/c1-14(2,3)19-13(17)16(12-9-18-10-12)8-11-4-6-15-7-5-11/h11-12,15H,4-10H2,1-3H3. The second-order valence-corrected chi connectivity index (χ2v) is 6.52. The molecule has 0 aliphatic carbocycles. The summed E-state index contributed by atoms with van der Waals surface area (Å²) in [5.41, 5.74) is -0.436. The quantitative estimate of drug-likeness (QED) is 0.846. The summed E-state index contributed by atoms with van der Waals surface area (Å²) in [6, 6.07) is 0.199. The number of ether oxygens (including phenoxy) is 2. The van der Waals surface area contributed by atoms with E-state index in [4.69, 9.17) is 9.47 Å². The fourth-order valence-electron chi connectivity index (χ4n) is 2.44. The maximum Gasteiger partial charge on any atom is 0.410 e. The summed E-state index contributed by atoms with van der Waals surface area (Å²) in [5.74, 6) is 0.578. The van der Waals surface area contributed by atoms with Crippen LogP contribution in [0, 0.1) is 5.92 Å². The minimum atomic E-state index is -0.436. The lowest BCUT2D eigenvalue weighted by molar-refractivity contribution is -0.0748. The van der Waals surface area contributed by atoms with E-state index in [9.17, 15) is 4.79 Å². The highest BCUT2D eigenvalue weighted by Gasteiger charge is 2.34. The summed E-state index contributed by atoms with van der Waals surface area (Å²) in [6.07, 6.45) is 2.07. The van der Waals surface area contributed by atoms with Gasteiger partial charge in [0.1, 0.15) is 5.60 Å². The topological polar surface area (TPSA) is 50.8 Å². The van der Waals surface area contributed by atoms with E-state index in [1.165, 1.54) is 0 Å². The molecule has 0 aromatic rings. The Kier molecular flexibility index (Phi) is 4.68. The number of nitrogens with one attached hydrogen (secondary N) is 1. The Morgan fingerprint density at radius 3 is 2.42 bits per heavy atom. The van der Waals surface area contributed by atoms with Crippen molar-refractivity contribution in [3.8, 4) is 0 Å². The van der Waals surface area contributed by atoms with Crippen molar-refractivity contribution in [1.29, 1.82) is 0 Å². The number of piperidine rings is 1. The van der Waals surface area contributed by atoms with Gasteiger partial charge in [-0.15, -0.1) is 0 Å². The molecule has 0 saturated carbocycles. The Morgan fingerprint density at radius 1 is 1.32 bits per heavy atom. The van der Waals surface area contributed by atoms with Gasteiger partial charge in [-0.3, -0.25) is 0 Å². The van der Waals surface area contributed by atoms with Gasteiger partial charge in [0.15, 0.2) is 0 Å². The number of amides is 1. The zero-order valence-corrected chi connectivity index (χ0v) is 12.3. The van der Waals surface area contributed by atoms with Gasteiger partial charge in [-0.1, -0.05) is 0 Å². The van der Waals surface area contributed by atoms with Crippen LogP contribution in [0.4, 0.5) is 4.79 Å². The minimum Gasteiger partial charge on any atom is -0.444 e. The lowest BCUT2D eigenvalue weighted by Crippen LogP contribution is -2.54. The normalized spacial score (nSPS) is 21.8. The van der Waals surface area contributed by atoms with Gasteiger partial charge < -0.3 is 19.7 Å². The molecule has 0 atom stereocenters. The Labute approximate surface area is 115 Å². The molecule has 1 amide bonds. The van der Waals surface area contributed by atoms with Crippen LogP contribution in [0.2, 0.25) is 0 Å². The van der Waals surface area contributed by atoms with Crippen molar-refractivity contribution < 1.29 is 14.3 Å². The van der Waals surface area contributed by atoms with E-state index >= 15 is 0 Å². The number of rotatable bonds is 3. The molecule has 2 heterocycles. The van der Waals surface area contributed by atoms with Crippen molar-refractivity contribution in [1.82, 2.24) is 10.2 Å². The van der Waals surface area contributed by atoms with E-state index in [2.05, 4.69) is 5.32 Å². The summed E-state index contributed by atoms with van der Waals surface area (Å²) >= 11 is 0. The highest BCUT2D eigenvalue weighted by Crippen LogP contribution is 2.21. The van der Waals surface area contributed by atoms with Gasteiger partial charge in [0.05, 0.1) is 19.3 Å². The number of hydrogen-bond acceptors (Lipinski definition) is 4. The third-order valence-electron chi connectivity index (χ3n) is 3.60. The summed E-state index contributed by atoms with van der Waals surface area (Å²) in [4.78, 5) is 14.2. The van der Waals surface area contributed by atoms with Crippen LogP contribution in [0.25, 0.3) is 0 Å². The molecule has 0 radical (unpaired) electrons. The fourth-order valence-corrected chi connectivity index (χ4v) is 2.44. The molecule has 110 valence electrons. The van der Waals surface area contributed by atoms with E-state index in [-0.39, 0.29) is 12.1 Å². The lowest BCUT2D eigenvalue weighted by atomic mass is 9.97. The van der Waals surface area contributed by atoms with Gasteiger partial charge in [0.25, 0.3) is 0 Å². The maximum atomic E-state index is 12.3. The van der Waals surface area contributed by atoms with Gasteiger partial charge in [-0.2, -0.15) is 0 Å². The Morgan fingerprint density at radius 2 is 1.95 bits per heavy atom. The summed E-state index contributed by atoms with van der Waals surface area (Å²) in [5, 5.41) is 3.35. The highest BCUT2D eigenvalue weighted by molar-refractivity contribution is 5.68. The van der Waals surface area contributed by atoms with Crippen LogP contribution in [0.15, 0.2) is 0 Å². The van der Waals surface area contributed by atoms with Crippen molar-refractivity contribution >= 4 is 6.09 Å². The number of carbonyl (C=O) groups excluding carboxylic acids is 1. The summed E-state index contributed by atoms with van der Waals surface area (Å²) in [6.45, 7) is 9.90. The van der Waals surface area contributed by atoms with Crippen LogP contribution < -0.4 is 5.32 Å². The van der Waals surface area contributed by atoms with Crippen LogP contribution in [-0.4, -0.2) is 55.5 Å². The number of hydrogen-bond donors (Lipinski definition) is 1. The van der Waals surface area contributed by atoms with E-state index in [1.807, 2.05) is 25.7 Å². The summed E-state index contributed by atoms with van der Waals surface area (Å²) < 4.78 is 10.7. The first-order chi connectivity index (χ1) is 8.96. The first-order valence-electron chi connectivity index (χ1n) is 7.24. The predicted molar refractivity (Wildman–Crippen MR) is 73.1 cm³/mol. The average molecular weight is 270 g/mol. The molecule has 2 fully saturated rings. The molecule has 5 nitrogen and oxygen atoms in total. The van der Waals surface area contributed by atoms with E-state index in [1.54, 1.807) is 0 Å².